The number of benzene rings is 1. The van der Waals surface area contributed by atoms with E-state index in [0.29, 0.717) is 17.9 Å². The lowest BCUT2D eigenvalue weighted by molar-refractivity contribution is 0.101. The van der Waals surface area contributed by atoms with E-state index in [1.807, 2.05) is 13.0 Å². The molecule has 35 heavy (non-hydrogen) atoms. The number of carbonyl (C=O) groups is 1. The predicted octanol–water partition coefficient (Wildman–Crippen LogP) is 6.44. The van der Waals surface area contributed by atoms with Crippen molar-refractivity contribution in [2.45, 2.75) is 84.2 Å². The van der Waals surface area contributed by atoms with E-state index >= 15 is 0 Å². The molecular formula is C31H41N3O. The predicted molar refractivity (Wildman–Crippen MR) is 144 cm³/mol. The van der Waals surface area contributed by atoms with Gasteiger partial charge in [-0.1, -0.05) is 50.3 Å². The highest BCUT2D eigenvalue weighted by Gasteiger charge is 2.26. The van der Waals surface area contributed by atoms with Gasteiger partial charge in [0.2, 0.25) is 0 Å². The lowest BCUT2D eigenvalue weighted by atomic mass is 9.80. The third-order valence-corrected chi connectivity index (χ3v) is 7.83. The molecule has 186 valence electrons. The van der Waals surface area contributed by atoms with Gasteiger partial charge >= 0.3 is 0 Å². The number of aryl methyl sites for hydroxylation is 2. The minimum atomic E-state index is 0.156. The molecule has 1 aromatic carbocycles. The lowest BCUT2D eigenvalue weighted by Gasteiger charge is -2.33. The summed E-state index contributed by atoms with van der Waals surface area (Å²) >= 11 is 0. The van der Waals surface area contributed by atoms with Gasteiger partial charge in [-0.2, -0.15) is 0 Å². The molecule has 0 spiro atoms. The summed E-state index contributed by atoms with van der Waals surface area (Å²) in [5, 5.41) is 7.15. The molecule has 2 aliphatic rings. The van der Waals surface area contributed by atoms with Crippen molar-refractivity contribution in [3.05, 3.63) is 89.0 Å². The highest BCUT2D eigenvalue weighted by molar-refractivity contribution is 5.95. The van der Waals surface area contributed by atoms with Crippen LogP contribution in [0.25, 0.3) is 0 Å². The molecule has 1 aliphatic heterocycles. The first kappa shape index (κ1) is 25.4. The molecule has 2 fully saturated rings. The standard InChI is InChI=1S/C31H41N3O/c1-21-8-7-10-29(34-21)20-32-31-11-6-5-9-28(31)19-25-13-17-30(24(4)35)27(18-25)16-15-26-14-12-22(2)33-23(26)3/h7-8,10,13,17-18,26,28,31-33H,2-3,5-6,9,11-12,14-16,19-20H2,1,4H3. The van der Waals surface area contributed by atoms with Crippen molar-refractivity contribution in [3.63, 3.8) is 0 Å². The van der Waals surface area contributed by atoms with Gasteiger partial charge < -0.3 is 10.6 Å². The summed E-state index contributed by atoms with van der Waals surface area (Å²) in [6.45, 7) is 12.8. The topological polar surface area (TPSA) is 54.0 Å². The van der Waals surface area contributed by atoms with E-state index in [4.69, 9.17) is 0 Å². The monoisotopic (exact) mass is 471 g/mol. The number of allylic oxidation sites excluding steroid dienone is 2. The average Bonchev–Trinajstić information content (AvgIpc) is 2.83. The normalized spacial score (nSPS) is 22.6. The Morgan fingerprint density at radius 1 is 1.14 bits per heavy atom. The summed E-state index contributed by atoms with van der Waals surface area (Å²) in [4.78, 5) is 17.0. The first-order valence-corrected chi connectivity index (χ1v) is 13.3. The minimum Gasteiger partial charge on any atom is -0.363 e. The van der Waals surface area contributed by atoms with E-state index in [9.17, 15) is 4.79 Å². The molecule has 2 heterocycles. The Bertz CT molecular complexity index is 1070. The maximum absolute atomic E-state index is 12.4. The Morgan fingerprint density at radius 2 is 1.97 bits per heavy atom. The molecule has 4 rings (SSSR count). The summed E-state index contributed by atoms with van der Waals surface area (Å²) in [5.74, 6) is 1.20. The van der Waals surface area contributed by atoms with Crippen molar-refractivity contribution in [1.29, 1.82) is 0 Å². The molecular weight excluding hydrogens is 430 g/mol. The number of hydrogen-bond acceptors (Lipinski definition) is 4. The molecule has 0 amide bonds. The van der Waals surface area contributed by atoms with Gasteiger partial charge in [0.05, 0.1) is 5.69 Å². The minimum absolute atomic E-state index is 0.156. The van der Waals surface area contributed by atoms with Crippen molar-refractivity contribution in [2.24, 2.45) is 11.8 Å². The quantitative estimate of drug-likeness (QED) is 0.413. The zero-order valence-corrected chi connectivity index (χ0v) is 21.5. The van der Waals surface area contributed by atoms with E-state index < -0.39 is 0 Å². The zero-order valence-electron chi connectivity index (χ0n) is 21.5. The van der Waals surface area contributed by atoms with E-state index in [0.717, 1.165) is 67.0 Å². The third kappa shape index (κ3) is 6.91. The fourth-order valence-corrected chi connectivity index (χ4v) is 5.84. The second kappa shape index (κ2) is 11.8. The van der Waals surface area contributed by atoms with Gasteiger partial charge in [0, 0.05) is 35.2 Å². The smallest absolute Gasteiger partial charge is 0.160 e. The number of ketones is 1. The largest absolute Gasteiger partial charge is 0.363 e. The number of hydrogen-bond donors (Lipinski definition) is 2. The van der Waals surface area contributed by atoms with Crippen LogP contribution in [0, 0.1) is 18.8 Å². The highest BCUT2D eigenvalue weighted by Crippen LogP contribution is 2.31. The van der Waals surface area contributed by atoms with Gasteiger partial charge in [-0.3, -0.25) is 9.78 Å². The molecule has 1 saturated heterocycles. The molecule has 0 bridgehead atoms. The molecule has 1 aromatic heterocycles. The van der Waals surface area contributed by atoms with Crippen molar-refractivity contribution in [2.75, 3.05) is 0 Å². The summed E-state index contributed by atoms with van der Waals surface area (Å²) in [7, 11) is 0. The molecule has 3 unspecified atom stereocenters. The number of nitrogens with one attached hydrogen (secondary N) is 2. The molecule has 1 aliphatic carbocycles. The summed E-state index contributed by atoms with van der Waals surface area (Å²) in [5.41, 5.74) is 7.73. The Morgan fingerprint density at radius 3 is 2.74 bits per heavy atom. The van der Waals surface area contributed by atoms with Crippen LogP contribution in [0.1, 0.15) is 84.7 Å². The van der Waals surface area contributed by atoms with Crippen LogP contribution in [0.3, 0.4) is 0 Å². The number of piperidine rings is 1. The molecule has 4 heteroatoms. The van der Waals surface area contributed by atoms with Crippen LogP contribution in [-0.4, -0.2) is 16.8 Å². The molecule has 2 aromatic rings. The van der Waals surface area contributed by atoms with E-state index in [2.05, 4.69) is 59.1 Å². The fourth-order valence-electron chi connectivity index (χ4n) is 5.84. The first-order chi connectivity index (χ1) is 16.9. The third-order valence-electron chi connectivity index (χ3n) is 7.83. The van der Waals surface area contributed by atoms with Crippen molar-refractivity contribution in [3.8, 4) is 0 Å². The lowest BCUT2D eigenvalue weighted by Crippen LogP contribution is -2.39. The number of aromatic nitrogens is 1. The SMILES string of the molecule is C=C1CCC(CCc2cc(CC3CCCCC3NCc3cccc(C)n3)ccc2C(C)=O)C(=C)N1. The molecule has 4 nitrogen and oxygen atoms in total. The number of pyridine rings is 1. The van der Waals surface area contributed by atoms with Crippen LogP contribution in [0.2, 0.25) is 0 Å². The number of carbonyl (C=O) groups excluding carboxylic acids is 1. The van der Waals surface area contributed by atoms with Crippen LogP contribution in [-0.2, 0) is 19.4 Å². The van der Waals surface area contributed by atoms with Crippen LogP contribution in [0.5, 0.6) is 0 Å². The van der Waals surface area contributed by atoms with Gasteiger partial charge in [0.25, 0.3) is 0 Å². The number of nitrogens with zero attached hydrogens (tertiary/aromatic N) is 1. The molecule has 1 saturated carbocycles. The van der Waals surface area contributed by atoms with Crippen molar-refractivity contribution < 1.29 is 4.79 Å². The van der Waals surface area contributed by atoms with Crippen LogP contribution in [0.4, 0.5) is 0 Å². The van der Waals surface area contributed by atoms with Crippen LogP contribution in [0.15, 0.2) is 61.0 Å². The van der Waals surface area contributed by atoms with Crippen molar-refractivity contribution >= 4 is 5.78 Å². The van der Waals surface area contributed by atoms with E-state index in [1.54, 1.807) is 6.92 Å². The number of rotatable bonds is 9. The van der Waals surface area contributed by atoms with Crippen LogP contribution >= 0.6 is 0 Å². The first-order valence-electron chi connectivity index (χ1n) is 13.3. The average molecular weight is 472 g/mol. The van der Waals surface area contributed by atoms with E-state index in [-0.39, 0.29) is 5.78 Å². The second-order valence-electron chi connectivity index (χ2n) is 10.6. The number of Topliss-reactive ketones (excluding diaryl/α,β-unsaturated/α-hetero) is 1. The molecule has 0 radical (unpaired) electrons. The van der Waals surface area contributed by atoms with Gasteiger partial charge in [-0.05, 0) is 93.9 Å². The summed E-state index contributed by atoms with van der Waals surface area (Å²) < 4.78 is 0. The zero-order chi connectivity index (χ0) is 24.8. The Kier molecular flexibility index (Phi) is 8.56. The molecule has 2 N–H and O–H groups in total. The highest BCUT2D eigenvalue weighted by atomic mass is 16.1. The Labute approximate surface area is 211 Å². The Balaban J connectivity index is 1.42. The fraction of sp³-hybridized carbons (Fsp3) is 0.484. The van der Waals surface area contributed by atoms with Gasteiger partial charge in [0.15, 0.2) is 5.78 Å². The Hall–Kier alpha value is -2.72. The van der Waals surface area contributed by atoms with Crippen LogP contribution < -0.4 is 10.6 Å². The summed E-state index contributed by atoms with van der Waals surface area (Å²) in [6, 6.07) is 13.3. The summed E-state index contributed by atoms with van der Waals surface area (Å²) in [6.07, 6.45) is 10.1. The second-order valence-corrected chi connectivity index (χ2v) is 10.6. The van der Waals surface area contributed by atoms with Gasteiger partial charge in [-0.15, -0.1) is 0 Å². The van der Waals surface area contributed by atoms with Crippen molar-refractivity contribution in [1.82, 2.24) is 15.6 Å². The van der Waals surface area contributed by atoms with Gasteiger partial charge in [-0.25, -0.2) is 0 Å². The van der Waals surface area contributed by atoms with Gasteiger partial charge in [0.1, 0.15) is 0 Å². The maximum atomic E-state index is 12.4. The van der Waals surface area contributed by atoms with E-state index in [1.165, 1.54) is 36.8 Å². The molecule has 3 atom stereocenters. The maximum Gasteiger partial charge on any atom is 0.160 e.